The highest BCUT2D eigenvalue weighted by molar-refractivity contribution is 7.91. The molecule has 0 radical (unpaired) electrons. The van der Waals surface area contributed by atoms with Crippen LogP contribution in [0.4, 0.5) is 13.2 Å². The van der Waals surface area contributed by atoms with Gasteiger partial charge in [0.05, 0.1) is 20.9 Å². The average molecular weight is 474 g/mol. The van der Waals surface area contributed by atoms with Crippen LogP contribution in [0.25, 0.3) is 5.78 Å². The Morgan fingerprint density at radius 1 is 1.09 bits per heavy atom. The number of nitrogens with one attached hydrogen (secondary N) is 1. The molecule has 0 aliphatic heterocycles. The van der Waals surface area contributed by atoms with Gasteiger partial charge in [-0.1, -0.05) is 12.1 Å². The zero-order valence-electron chi connectivity index (χ0n) is 17.2. The first-order chi connectivity index (χ1) is 15.6. The number of hydrogen-bond donors (Lipinski definition) is 1. The fourth-order valence-corrected chi connectivity index (χ4v) is 4.74. The van der Waals surface area contributed by atoms with E-state index in [1.165, 1.54) is 37.4 Å². The van der Waals surface area contributed by atoms with Gasteiger partial charge in [-0.25, -0.2) is 18.4 Å². The highest BCUT2D eigenvalue weighted by atomic mass is 32.2. The molecule has 2 aromatic heterocycles. The Kier molecular flexibility index (Phi) is 5.66. The van der Waals surface area contributed by atoms with Gasteiger partial charge >= 0.3 is 6.18 Å². The lowest BCUT2D eigenvalue weighted by atomic mass is 10.1. The second-order valence-electron chi connectivity index (χ2n) is 7.29. The van der Waals surface area contributed by atoms with Crippen LogP contribution in [-0.2, 0) is 22.6 Å². The molecule has 11 heteroatoms. The minimum atomic E-state index is -4.56. The maximum absolute atomic E-state index is 12.9. The van der Waals surface area contributed by atoms with Gasteiger partial charge in [0.1, 0.15) is 0 Å². The SMILES string of the molecule is Cc1cc(C(F)(F)F)ccc1S(=O)(=O)c1ccc(CNC(=O)c2cnc3nccn3c2)cc1. The van der Waals surface area contributed by atoms with E-state index in [2.05, 4.69) is 15.3 Å². The van der Waals surface area contributed by atoms with Gasteiger partial charge in [0.15, 0.2) is 0 Å². The first-order valence-corrected chi connectivity index (χ1v) is 11.1. The quantitative estimate of drug-likeness (QED) is 0.475. The van der Waals surface area contributed by atoms with Crippen LogP contribution in [0.15, 0.2) is 77.0 Å². The van der Waals surface area contributed by atoms with Gasteiger partial charge in [0, 0.05) is 31.3 Å². The lowest BCUT2D eigenvalue weighted by Gasteiger charge is -2.12. The molecule has 0 unspecified atom stereocenters. The standard InChI is InChI=1S/C22H17F3N4O3S/c1-14-10-17(22(23,24)25)4-7-19(14)33(31,32)18-5-2-15(3-6-18)11-27-20(30)16-12-28-21-26-8-9-29(21)13-16/h2-10,12-13H,11H2,1H3,(H,27,30). The minimum absolute atomic E-state index is 0.00429. The molecule has 2 heterocycles. The Morgan fingerprint density at radius 2 is 1.82 bits per heavy atom. The van der Waals surface area contributed by atoms with E-state index >= 15 is 0 Å². The first-order valence-electron chi connectivity index (χ1n) is 9.64. The molecular formula is C22H17F3N4O3S. The van der Waals surface area contributed by atoms with Crippen LogP contribution < -0.4 is 5.32 Å². The average Bonchev–Trinajstić information content (AvgIpc) is 3.25. The zero-order valence-corrected chi connectivity index (χ0v) is 18.0. The summed E-state index contributed by atoms with van der Waals surface area (Å²) < 4.78 is 66.0. The monoisotopic (exact) mass is 474 g/mol. The molecule has 1 N–H and O–H groups in total. The second kappa shape index (κ2) is 8.32. The lowest BCUT2D eigenvalue weighted by Crippen LogP contribution is -2.23. The first kappa shape index (κ1) is 22.5. The number of aryl methyl sites for hydroxylation is 1. The number of fused-ring (bicyclic) bond motifs is 1. The van der Waals surface area contributed by atoms with E-state index in [9.17, 15) is 26.4 Å². The molecule has 0 bridgehead atoms. The highest BCUT2D eigenvalue weighted by Crippen LogP contribution is 2.32. The van der Waals surface area contributed by atoms with Crippen LogP contribution in [0.3, 0.4) is 0 Å². The summed E-state index contributed by atoms with van der Waals surface area (Å²) in [5.41, 5.74) is 0.0673. The summed E-state index contributed by atoms with van der Waals surface area (Å²) in [6, 6.07) is 8.30. The molecule has 0 fully saturated rings. The molecule has 0 aliphatic carbocycles. The van der Waals surface area contributed by atoms with E-state index in [4.69, 9.17) is 0 Å². The number of hydrogen-bond acceptors (Lipinski definition) is 5. The van der Waals surface area contributed by atoms with Crippen molar-refractivity contribution in [3.05, 3.63) is 89.5 Å². The van der Waals surface area contributed by atoms with Crippen molar-refractivity contribution in [1.29, 1.82) is 0 Å². The van der Waals surface area contributed by atoms with Gasteiger partial charge in [-0.3, -0.25) is 9.20 Å². The third-order valence-electron chi connectivity index (χ3n) is 4.99. The Morgan fingerprint density at radius 3 is 2.48 bits per heavy atom. The predicted molar refractivity (Wildman–Crippen MR) is 112 cm³/mol. The van der Waals surface area contributed by atoms with Gasteiger partial charge in [-0.15, -0.1) is 0 Å². The number of sulfone groups is 1. The number of alkyl halides is 3. The molecule has 7 nitrogen and oxygen atoms in total. The number of rotatable bonds is 5. The van der Waals surface area contributed by atoms with E-state index in [0.29, 0.717) is 16.9 Å². The number of carbonyl (C=O) groups excluding carboxylic acids is 1. The van der Waals surface area contributed by atoms with Crippen LogP contribution in [0, 0.1) is 6.92 Å². The summed E-state index contributed by atoms with van der Waals surface area (Å²) in [6.45, 7) is 1.46. The molecular weight excluding hydrogens is 457 g/mol. The molecule has 0 aliphatic rings. The summed E-state index contributed by atoms with van der Waals surface area (Å²) in [7, 11) is -4.01. The van der Waals surface area contributed by atoms with Crippen molar-refractivity contribution in [2.24, 2.45) is 0 Å². The number of benzene rings is 2. The summed E-state index contributed by atoms with van der Waals surface area (Å²) in [5.74, 6) is 0.0989. The highest BCUT2D eigenvalue weighted by Gasteiger charge is 2.32. The lowest BCUT2D eigenvalue weighted by molar-refractivity contribution is -0.137. The van der Waals surface area contributed by atoms with Crippen molar-refractivity contribution >= 4 is 21.5 Å². The van der Waals surface area contributed by atoms with Crippen molar-refractivity contribution < 1.29 is 26.4 Å². The van der Waals surface area contributed by atoms with Crippen molar-refractivity contribution in [2.45, 2.75) is 29.4 Å². The summed E-state index contributed by atoms with van der Waals surface area (Å²) in [4.78, 5) is 20.2. The zero-order chi connectivity index (χ0) is 23.8. The third-order valence-corrected chi connectivity index (χ3v) is 6.92. The normalized spacial score (nSPS) is 12.1. The topological polar surface area (TPSA) is 93.4 Å². The number of imidazole rings is 1. The number of amides is 1. The van der Waals surface area contributed by atoms with Crippen LogP contribution in [0.2, 0.25) is 0 Å². The van der Waals surface area contributed by atoms with Crippen LogP contribution >= 0.6 is 0 Å². The predicted octanol–water partition coefficient (Wildman–Crippen LogP) is 3.82. The molecule has 0 atom stereocenters. The summed E-state index contributed by atoms with van der Waals surface area (Å²) in [6.07, 6.45) is 1.66. The molecule has 0 saturated heterocycles. The van der Waals surface area contributed by atoms with Gasteiger partial charge in [-0.2, -0.15) is 13.2 Å². The van der Waals surface area contributed by atoms with Crippen LogP contribution in [0.5, 0.6) is 0 Å². The molecule has 0 saturated carbocycles. The van der Waals surface area contributed by atoms with Crippen molar-refractivity contribution in [3.63, 3.8) is 0 Å². The third kappa shape index (κ3) is 4.58. The fourth-order valence-electron chi connectivity index (χ4n) is 3.26. The number of nitrogens with zero attached hydrogens (tertiary/aromatic N) is 3. The van der Waals surface area contributed by atoms with E-state index in [1.807, 2.05) is 0 Å². The molecule has 2 aromatic carbocycles. The molecule has 0 spiro atoms. The number of halogens is 3. The van der Waals surface area contributed by atoms with Gasteiger partial charge in [-0.05, 0) is 48.4 Å². The fraction of sp³-hybridized carbons (Fsp3) is 0.136. The van der Waals surface area contributed by atoms with Crippen molar-refractivity contribution in [1.82, 2.24) is 19.7 Å². The van der Waals surface area contributed by atoms with Gasteiger partial charge < -0.3 is 5.32 Å². The molecule has 33 heavy (non-hydrogen) atoms. The van der Waals surface area contributed by atoms with Crippen LogP contribution in [0.1, 0.15) is 27.0 Å². The second-order valence-corrected chi connectivity index (χ2v) is 9.20. The largest absolute Gasteiger partial charge is 0.416 e. The van der Waals surface area contributed by atoms with Crippen molar-refractivity contribution in [3.8, 4) is 0 Å². The minimum Gasteiger partial charge on any atom is -0.348 e. The molecule has 4 aromatic rings. The Balaban J connectivity index is 1.47. The van der Waals surface area contributed by atoms with E-state index in [0.717, 1.165) is 18.2 Å². The van der Waals surface area contributed by atoms with E-state index in [-0.39, 0.29) is 27.8 Å². The maximum atomic E-state index is 12.9. The van der Waals surface area contributed by atoms with Crippen LogP contribution in [-0.4, -0.2) is 28.7 Å². The molecule has 1 amide bonds. The molecule has 170 valence electrons. The molecule has 4 rings (SSSR count). The van der Waals surface area contributed by atoms with Gasteiger partial charge in [0.2, 0.25) is 15.6 Å². The van der Waals surface area contributed by atoms with E-state index in [1.54, 1.807) is 23.0 Å². The Hall–Kier alpha value is -3.73. The van der Waals surface area contributed by atoms with Gasteiger partial charge in [0.25, 0.3) is 5.91 Å². The smallest absolute Gasteiger partial charge is 0.348 e. The summed E-state index contributed by atoms with van der Waals surface area (Å²) in [5, 5.41) is 2.72. The Bertz CT molecular complexity index is 1450. The summed E-state index contributed by atoms with van der Waals surface area (Å²) >= 11 is 0. The number of aromatic nitrogens is 3. The van der Waals surface area contributed by atoms with E-state index < -0.39 is 21.6 Å². The Labute approximate surface area is 186 Å². The van der Waals surface area contributed by atoms with Crippen molar-refractivity contribution in [2.75, 3.05) is 0 Å². The maximum Gasteiger partial charge on any atom is 0.416 e. The number of carbonyl (C=O) groups is 1.